The summed E-state index contributed by atoms with van der Waals surface area (Å²) in [5.41, 5.74) is 2.51. The molecule has 1 aromatic carbocycles. The molecule has 0 bridgehead atoms. The summed E-state index contributed by atoms with van der Waals surface area (Å²) in [5.74, 6) is 0. The van der Waals surface area contributed by atoms with Crippen LogP contribution in [0.3, 0.4) is 0 Å². The first-order chi connectivity index (χ1) is 7.86. The van der Waals surface area contributed by atoms with Gasteiger partial charge in [-0.3, -0.25) is 0 Å². The molecule has 0 fully saturated rings. The van der Waals surface area contributed by atoms with E-state index in [2.05, 4.69) is 36.5 Å². The van der Waals surface area contributed by atoms with Gasteiger partial charge < -0.3 is 14.8 Å². The number of rotatable bonds is 8. The average Bonchev–Trinajstić information content (AvgIpc) is 2.34. The lowest BCUT2D eigenvalue weighted by molar-refractivity contribution is 0.0759. The number of anilines is 1. The average molecular weight is 223 g/mol. The summed E-state index contributed by atoms with van der Waals surface area (Å²) in [6.45, 7) is 5.01. The van der Waals surface area contributed by atoms with Gasteiger partial charge in [0.1, 0.15) is 0 Å². The standard InChI is InChI=1S/C13H21NO2/c1-3-12-4-6-13(7-5-12)14-8-9-16-11-10-15-2/h4-7,14H,3,8-11H2,1-2H3. The van der Waals surface area contributed by atoms with Crippen LogP contribution in [-0.2, 0) is 15.9 Å². The molecule has 0 amide bonds. The maximum Gasteiger partial charge on any atom is 0.0701 e. The minimum atomic E-state index is 0.658. The molecule has 0 unspecified atom stereocenters. The van der Waals surface area contributed by atoms with E-state index in [-0.39, 0.29) is 0 Å². The van der Waals surface area contributed by atoms with Gasteiger partial charge in [0.05, 0.1) is 19.8 Å². The van der Waals surface area contributed by atoms with Crippen molar-refractivity contribution in [3.05, 3.63) is 29.8 Å². The van der Waals surface area contributed by atoms with Crippen LogP contribution in [-0.4, -0.2) is 33.5 Å². The van der Waals surface area contributed by atoms with Crippen LogP contribution < -0.4 is 5.32 Å². The van der Waals surface area contributed by atoms with Crippen molar-refractivity contribution in [2.45, 2.75) is 13.3 Å². The molecular formula is C13H21NO2. The SMILES string of the molecule is CCc1ccc(NCCOCCOC)cc1. The van der Waals surface area contributed by atoms with Gasteiger partial charge in [-0.2, -0.15) is 0 Å². The molecule has 3 heteroatoms. The van der Waals surface area contributed by atoms with Gasteiger partial charge in [-0.25, -0.2) is 0 Å². The number of ether oxygens (including phenoxy) is 2. The Kier molecular flexibility index (Phi) is 6.61. The second-order valence-corrected chi connectivity index (χ2v) is 3.58. The zero-order valence-corrected chi connectivity index (χ0v) is 10.2. The number of nitrogens with one attached hydrogen (secondary N) is 1. The predicted octanol–water partition coefficient (Wildman–Crippen LogP) is 2.32. The predicted molar refractivity (Wildman–Crippen MR) is 67.0 cm³/mol. The van der Waals surface area contributed by atoms with Crippen molar-refractivity contribution in [1.29, 1.82) is 0 Å². The summed E-state index contributed by atoms with van der Waals surface area (Å²) in [6, 6.07) is 8.50. The van der Waals surface area contributed by atoms with Gasteiger partial charge >= 0.3 is 0 Å². The Bertz CT molecular complexity index is 272. The highest BCUT2D eigenvalue weighted by atomic mass is 16.5. The molecule has 90 valence electrons. The summed E-state index contributed by atoms with van der Waals surface area (Å²) < 4.78 is 10.2. The highest BCUT2D eigenvalue weighted by Gasteiger charge is 1.92. The van der Waals surface area contributed by atoms with Crippen molar-refractivity contribution in [2.24, 2.45) is 0 Å². The van der Waals surface area contributed by atoms with E-state index in [1.54, 1.807) is 7.11 Å². The Morgan fingerprint density at radius 2 is 1.81 bits per heavy atom. The van der Waals surface area contributed by atoms with Crippen molar-refractivity contribution in [3.8, 4) is 0 Å². The zero-order chi connectivity index (χ0) is 11.6. The van der Waals surface area contributed by atoms with Crippen molar-refractivity contribution >= 4 is 5.69 Å². The van der Waals surface area contributed by atoms with E-state index in [9.17, 15) is 0 Å². The van der Waals surface area contributed by atoms with Gasteiger partial charge in [0.15, 0.2) is 0 Å². The molecule has 0 heterocycles. The molecule has 0 atom stereocenters. The summed E-state index contributed by atoms with van der Waals surface area (Å²) in [5, 5.41) is 3.31. The van der Waals surface area contributed by atoms with Crippen LogP contribution in [0.4, 0.5) is 5.69 Å². The fourth-order valence-electron chi connectivity index (χ4n) is 1.37. The second kappa shape index (κ2) is 8.13. The van der Waals surface area contributed by atoms with Gasteiger partial charge in [-0.1, -0.05) is 19.1 Å². The molecule has 0 aromatic heterocycles. The second-order valence-electron chi connectivity index (χ2n) is 3.58. The lowest BCUT2D eigenvalue weighted by atomic mass is 10.1. The molecule has 1 N–H and O–H groups in total. The molecule has 0 aliphatic carbocycles. The summed E-state index contributed by atoms with van der Waals surface area (Å²) in [4.78, 5) is 0. The third-order valence-electron chi connectivity index (χ3n) is 2.37. The number of hydrogen-bond acceptors (Lipinski definition) is 3. The molecule has 1 rings (SSSR count). The van der Waals surface area contributed by atoms with E-state index < -0.39 is 0 Å². The Balaban J connectivity index is 2.12. The van der Waals surface area contributed by atoms with Crippen LogP contribution in [0.1, 0.15) is 12.5 Å². The van der Waals surface area contributed by atoms with Crippen LogP contribution in [0, 0.1) is 0 Å². The van der Waals surface area contributed by atoms with E-state index in [0.29, 0.717) is 19.8 Å². The van der Waals surface area contributed by atoms with Crippen molar-refractivity contribution in [1.82, 2.24) is 0 Å². The van der Waals surface area contributed by atoms with E-state index in [0.717, 1.165) is 18.7 Å². The fourth-order valence-corrected chi connectivity index (χ4v) is 1.37. The molecule has 0 spiro atoms. The highest BCUT2D eigenvalue weighted by Crippen LogP contribution is 2.09. The maximum atomic E-state index is 5.35. The van der Waals surface area contributed by atoms with Gasteiger partial charge in [0.2, 0.25) is 0 Å². The normalized spacial score (nSPS) is 10.4. The van der Waals surface area contributed by atoms with Gasteiger partial charge in [-0.15, -0.1) is 0 Å². The minimum absolute atomic E-state index is 0.658. The Hall–Kier alpha value is -1.06. The molecule has 16 heavy (non-hydrogen) atoms. The van der Waals surface area contributed by atoms with Crippen LogP contribution in [0.25, 0.3) is 0 Å². The topological polar surface area (TPSA) is 30.5 Å². The first-order valence-electron chi connectivity index (χ1n) is 5.76. The molecular weight excluding hydrogens is 202 g/mol. The molecule has 0 aliphatic rings. The minimum Gasteiger partial charge on any atom is -0.383 e. The monoisotopic (exact) mass is 223 g/mol. The van der Waals surface area contributed by atoms with Gasteiger partial charge in [0, 0.05) is 19.3 Å². The molecule has 0 saturated carbocycles. The highest BCUT2D eigenvalue weighted by molar-refractivity contribution is 5.44. The summed E-state index contributed by atoms with van der Waals surface area (Å²) in [6.07, 6.45) is 1.08. The molecule has 3 nitrogen and oxygen atoms in total. The number of benzene rings is 1. The van der Waals surface area contributed by atoms with Crippen molar-refractivity contribution < 1.29 is 9.47 Å². The molecule has 1 aromatic rings. The number of hydrogen-bond donors (Lipinski definition) is 1. The smallest absolute Gasteiger partial charge is 0.0701 e. The fraction of sp³-hybridized carbons (Fsp3) is 0.538. The Morgan fingerprint density at radius 1 is 1.06 bits per heavy atom. The molecule has 0 saturated heterocycles. The molecule has 0 aliphatic heterocycles. The summed E-state index contributed by atoms with van der Waals surface area (Å²) >= 11 is 0. The van der Waals surface area contributed by atoms with E-state index in [1.165, 1.54) is 5.56 Å². The van der Waals surface area contributed by atoms with Gasteiger partial charge in [0.25, 0.3) is 0 Å². The van der Waals surface area contributed by atoms with E-state index >= 15 is 0 Å². The first-order valence-corrected chi connectivity index (χ1v) is 5.76. The van der Waals surface area contributed by atoms with Crippen LogP contribution in [0.5, 0.6) is 0 Å². The quantitative estimate of drug-likeness (QED) is 0.686. The van der Waals surface area contributed by atoms with Crippen LogP contribution in [0.15, 0.2) is 24.3 Å². The molecule has 0 radical (unpaired) electrons. The van der Waals surface area contributed by atoms with Gasteiger partial charge in [-0.05, 0) is 24.1 Å². The third-order valence-corrected chi connectivity index (χ3v) is 2.37. The lowest BCUT2D eigenvalue weighted by Gasteiger charge is -2.07. The van der Waals surface area contributed by atoms with E-state index in [4.69, 9.17) is 9.47 Å². The lowest BCUT2D eigenvalue weighted by Crippen LogP contribution is -2.11. The van der Waals surface area contributed by atoms with Crippen LogP contribution >= 0.6 is 0 Å². The number of aryl methyl sites for hydroxylation is 1. The maximum absolute atomic E-state index is 5.35. The Morgan fingerprint density at radius 3 is 2.44 bits per heavy atom. The largest absolute Gasteiger partial charge is 0.383 e. The first kappa shape index (κ1) is 13.0. The van der Waals surface area contributed by atoms with Crippen molar-refractivity contribution in [3.63, 3.8) is 0 Å². The van der Waals surface area contributed by atoms with Crippen molar-refractivity contribution in [2.75, 3.05) is 38.8 Å². The third kappa shape index (κ3) is 5.14. The summed E-state index contributed by atoms with van der Waals surface area (Å²) in [7, 11) is 1.68. The van der Waals surface area contributed by atoms with Crippen LogP contribution in [0.2, 0.25) is 0 Å². The Labute approximate surface area is 97.8 Å². The van der Waals surface area contributed by atoms with E-state index in [1.807, 2.05) is 0 Å². The zero-order valence-electron chi connectivity index (χ0n) is 10.2. The number of methoxy groups -OCH3 is 1.